The number of carbonyl (C=O) groups is 1. The molecule has 0 unspecified atom stereocenters. The highest BCUT2D eigenvalue weighted by atomic mass is 35.5. The first-order chi connectivity index (χ1) is 11.5. The Bertz CT molecular complexity index is 891. The Labute approximate surface area is 149 Å². The molecule has 24 heavy (non-hydrogen) atoms. The summed E-state index contributed by atoms with van der Waals surface area (Å²) in [7, 11) is 0. The van der Waals surface area contributed by atoms with Crippen molar-refractivity contribution in [2.75, 3.05) is 10.6 Å². The van der Waals surface area contributed by atoms with Crippen molar-refractivity contribution in [2.24, 2.45) is 0 Å². The Morgan fingerprint density at radius 2 is 2.00 bits per heavy atom. The second-order valence-electron chi connectivity index (χ2n) is 5.45. The molecule has 122 valence electrons. The quantitative estimate of drug-likeness (QED) is 0.656. The van der Waals surface area contributed by atoms with E-state index in [0.29, 0.717) is 15.8 Å². The molecule has 2 aromatic carbocycles. The summed E-state index contributed by atoms with van der Waals surface area (Å²) < 4.78 is 0. The standard InChI is InChI=1S/C18H16ClN3OS/c1-11-6-7-15(12(2)8-11)21-17(23)16-10-24-18(22-16)20-14-5-3-4-13(19)9-14/h3-10H,1-2H3,(H,20,22)(H,21,23). The van der Waals surface area contributed by atoms with Gasteiger partial charge in [0.15, 0.2) is 5.13 Å². The van der Waals surface area contributed by atoms with Gasteiger partial charge in [-0.2, -0.15) is 0 Å². The maximum Gasteiger partial charge on any atom is 0.275 e. The molecule has 0 aliphatic rings. The predicted molar refractivity (Wildman–Crippen MR) is 101 cm³/mol. The molecule has 1 amide bonds. The number of aryl methyl sites for hydroxylation is 2. The number of amides is 1. The van der Waals surface area contributed by atoms with Gasteiger partial charge in [-0.1, -0.05) is 35.4 Å². The summed E-state index contributed by atoms with van der Waals surface area (Å²) in [6, 6.07) is 13.3. The third kappa shape index (κ3) is 3.93. The molecule has 4 nitrogen and oxygen atoms in total. The number of anilines is 3. The van der Waals surface area contributed by atoms with E-state index in [1.165, 1.54) is 11.3 Å². The maximum atomic E-state index is 12.4. The maximum absolute atomic E-state index is 12.4. The van der Waals surface area contributed by atoms with Crippen molar-refractivity contribution in [2.45, 2.75) is 13.8 Å². The molecule has 6 heteroatoms. The topological polar surface area (TPSA) is 54.0 Å². The zero-order valence-electron chi connectivity index (χ0n) is 13.3. The molecule has 2 N–H and O–H groups in total. The summed E-state index contributed by atoms with van der Waals surface area (Å²) in [5.74, 6) is -0.225. The first-order valence-corrected chi connectivity index (χ1v) is 8.64. The van der Waals surface area contributed by atoms with Gasteiger partial charge in [-0.3, -0.25) is 4.79 Å². The lowest BCUT2D eigenvalue weighted by molar-refractivity contribution is 0.102. The van der Waals surface area contributed by atoms with E-state index >= 15 is 0 Å². The largest absolute Gasteiger partial charge is 0.331 e. The van der Waals surface area contributed by atoms with Crippen LogP contribution in [0.2, 0.25) is 5.02 Å². The number of hydrogen-bond acceptors (Lipinski definition) is 4. The monoisotopic (exact) mass is 357 g/mol. The van der Waals surface area contributed by atoms with E-state index in [1.54, 1.807) is 17.5 Å². The molecule has 0 aliphatic carbocycles. The number of aromatic nitrogens is 1. The van der Waals surface area contributed by atoms with E-state index in [4.69, 9.17) is 11.6 Å². The van der Waals surface area contributed by atoms with Crippen molar-refractivity contribution in [1.29, 1.82) is 0 Å². The van der Waals surface area contributed by atoms with Crippen LogP contribution in [0, 0.1) is 13.8 Å². The van der Waals surface area contributed by atoms with Crippen LogP contribution in [-0.2, 0) is 0 Å². The molecule has 0 saturated heterocycles. The number of hydrogen-bond donors (Lipinski definition) is 2. The molecular formula is C18H16ClN3OS. The van der Waals surface area contributed by atoms with Gasteiger partial charge in [-0.25, -0.2) is 4.98 Å². The summed E-state index contributed by atoms with van der Waals surface area (Å²) in [6.07, 6.45) is 0. The van der Waals surface area contributed by atoms with Crippen LogP contribution < -0.4 is 10.6 Å². The van der Waals surface area contributed by atoms with Crippen molar-refractivity contribution in [3.63, 3.8) is 0 Å². The summed E-state index contributed by atoms with van der Waals surface area (Å²) >= 11 is 7.33. The zero-order valence-corrected chi connectivity index (χ0v) is 14.8. The van der Waals surface area contributed by atoms with E-state index < -0.39 is 0 Å². The molecule has 0 fully saturated rings. The highest BCUT2D eigenvalue weighted by Gasteiger charge is 2.12. The van der Waals surface area contributed by atoms with Gasteiger partial charge in [-0.15, -0.1) is 11.3 Å². The molecule has 3 rings (SSSR count). The van der Waals surface area contributed by atoms with E-state index in [1.807, 2.05) is 44.2 Å². The zero-order chi connectivity index (χ0) is 17.1. The summed E-state index contributed by atoms with van der Waals surface area (Å²) in [4.78, 5) is 16.7. The van der Waals surface area contributed by atoms with Gasteiger partial charge in [0, 0.05) is 21.8 Å². The lowest BCUT2D eigenvalue weighted by atomic mass is 10.1. The van der Waals surface area contributed by atoms with Crippen LogP contribution in [0.15, 0.2) is 47.8 Å². The third-order valence-corrected chi connectivity index (χ3v) is 4.44. The Hall–Kier alpha value is -2.37. The minimum absolute atomic E-state index is 0.225. The molecule has 1 aromatic heterocycles. The third-order valence-electron chi connectivity index (χ3n) is 3.44. The average Bonchev–Trinajstić information content (AvgIpc) is 2.98. The van der Waals surface area contributed by atoms with Gasteiger partial charge in [0.1, 0.15) is 5.69 Å². The molecule has 0 radical (unpaired) electrons. The Morgan fingerprint density at radius 3 is 2.75 bits per heavy atom. The Kier molecular flexibility index (Phi) is 4.83. The SMILES string of the molecule is Cc1ccc(NC(=O)c2csc(Nc3cccc(Cl)c3)n2)c(C)c1. The average molecular weight is 358 g/mol. The van der Waals surface area contributed by atoms with Crippen molar-refractivity contribution in [3.05, 3.63) is 69.7 Å². The van der Waals surface area contributed by atoms with E-state index in [2.05, 4.69) is 15.6 Å². The molecule has 0 bridgehead atoms. The van der Waals surface area contributed by atoms with Crippen LogP contribution in [0.1, 0.15) is 21.6 Å². The molecular weight excluding hydrogens is 342 g/mol. The number of carbonyl (C=O) groups excluding carboxylic acids is 1. The van der Waals surface area contributed by atoms with Crippen molar-refractivity contribution >= 4 is 45.4 Å². The molecule has 0 saturated carbocycles. The number of halogens is 1. The first kappa shape index (κ1) is 16.5. The number of benzene rings is 2. The van der Waals surface area contributed by atoms with Gasteiger partial charge >= 0.3 is 0 Å². The van der Waals surface area contributed by atoms with Crippen LogP contribution in [0.25, 0.3) is 0 Å². The van der Waals surface area contributed by atoms with Gasteiger partial charge in [0.25, 0.3) is 5.91 Å². The normalized spacial score (nSPS) is 10.5. The van der Waals surface area contributed by atoms with E-state index in [9.17, 15) is 4.79 Å². The predicted octanol–water partition coefficient (Wildman–Crippen LogP) is 5.41. The first-order valence-electron chi connectivity index (χ1n) is 7.38. The summed E-state index contributed by atoms with van der Waals surface area (Å²) in [6.45, 7) is 3.99. The smallest absolute Gasteiger partial charge is 0.275 e. The minimum Gasteiger partial charge on any atom is -0.331 e. The number of thiazole rings is 1. The van der Waals surface area contributed by atoms with E-state index in [-0.39, 0.29) is 5.91 Å². The molecule has 3 aromatic rings. The van der Waals surface area contributed by atoms with Crippen molar-refractivity contribution in [1.82, 2.24) is 4.98 Å². The van der Waals surface area contributed by atoms with Crippen LogP contribution in [0.4, 0.5) is 16.5 Å². The van der Waals surface area contributed by atoms with Crippen molar-refractivity contribution in [3.8, 4) is 0 Å². The highest BCUT2D eigenvalue weighted by Crippen LogP contribution is 2.24. The molecule has 0 aliphatic heterocycles. The molecule has 0 spiro atoms. The Balaban J connectivity index is 1.71. The van der Waals surface area contributed by atoms with Crippen molar-refractivity contribution < 1.29 is 4.79 Å². The second-order valence-corrected chi connectivity index (χ2v) is 6.74. The summed E-state index contributed by atoms with van der Waals surface area (Å²) in [5, 5.41) is 9.05. The van der Waals surface area contributed by atoms with Gasteiger partial charge in [-0.05, 0) is 43.7 Å². The number of nitrogens with one attached hydrogen (secondary N) is 2. The molecule has 1 heterocycles. The fourth-order valence-corrected chi connectivity index (χ4v) is 3.17. The Morgan fingerprint density at radius 1 is 1.17 bits per heavy atom. The van der Waals surface area contributed by atoms with Gasteiger partial charge in [0.05, 0.1) is 0 Å². The highest BCUT2D eigenvalue weighted by molar-refractivity contribution is 7.14. The number of nitrogens with zero attached hydrogens (tertiary/aromatic N) is 1. The second kappa shape index (κ2) is 7.03. The lowest BCUT2D eigenvalue weighted by Crippen LogP contribution is -2.13. The minimum atomic E-state index is -0.225. The van der Waals surface area contributed by atoms with Crippen LogP contribution in [0.3, 0.4) is 0 Å². The van der Waals surface area contributed by atoms with Gasteiger partial charge < -0.3 is 10.6 Å². The molecule has 0 atom stereocenters. The van der Waals surface area contributed by atoms with E-state index in [0.717, 1.165) is 22.5 Å². The number of rotatable bonds is 4. The fraction of sp³-hybridized carbons (Fsp3) is 0.111. The lowest BCUT2D eigenvalue weighted by Gasteiger charge is -2.07. The fourth-order valence-electron chi connectivity index (χ4n) is 2.27. The van der Waals surface area contributed by atoms with Crippen LogP contribution in [-0.4, -0.2) is 10.9 Å². The summed E-state index contributed by atoms with van der Waals surface area (Å²) in [5.41, 5.74) is 4.19. The van der Waals surface area contributed by atoms with Crippen LogP contribution in [0.5, 0.6) is 0 Å². The van der Waals surface area contributed by atoms with Crippen LogP contribution >= 0.6 is 22.9 Å². The van der Waals surface area contributed by atoms with Gasteiger partial charge in [0.2, 0.25) is 0 Å².